The highest BCUT2D eigenvalue weighted by atomic mass is 32.2. The van der Waals surface area contributed by atoms with Gasteiger partial charge < -0.3 is 10.3 Å². The van der Waals surface area contributed by atoms with E-state index in [1.165, 1.54) is 6.20 Å². The fourth-order valence-corrected chi connectivity index (χ4v) is 3.21. The van der Waals surface area contributed by atoms with Crippen LogP contribution in [0.4, 0.5) is 5.95 Å². The number of para-hydroxylation sites is 1. The molecule has 3 rings (SSSR count). The van der Waals surface area contributed by atoms with Crippen molar-refractivity contribution in [3.05, 3.63) is 36.2 Å². The maximum atomic E-state index is 11.5. The van der Waals surface area contributed by atoms with Crippen molar-refractivity contribution >= 4 is 27.2 Å². The van der Waals surface area contributed by atoms with Crippen LogP contribution in [-0.2, 0) is 17.3 Å². The van der Waals surface area contributed by atoms with Gasteiger partial charge in [-0.3, -0.25) is 0 Å². The molecule has 2 heterocycles. The highest BCUT2D eigenvalue weighted by Crippen LogP contribution is 2.31. The van der Waals surface area contributed by atoms with Crippen molar-refractivity contribution in [2.24, 2.45) is 12.2 Å². The number of aromatic nitrogens is 3. The molecule has 110 valence electrons. The van der Waals surface area contributed by atoms with Crippen LogP contribution in [0.1, 0.15) is 5.69 Å². The summed E-state index contributed by atoms with van der Waals surface area (Å²) < 4.78 is 25.9. The van der Waals surface area contributed by atoms with E-state index in [1.54, 1.807) is 17.6 Å². The summed E-state index contributed by atoms with van der Waals surface area (Å²) in [5.74, 6) is 0.404. The van der Waals surface area contributed by atoms with Crippen LogP contribution in [0.2, 0.25) is 0 Å². The molecule has 4 N–H and O–H groups in total. The molecular weight excluding hydrogens is 290 g/mol. The fraction of sp³-hybridized carbons (Fsp3) is 0.154. The number of nitrogen functional groups attached to an aromatic ring is 1. The molecule has 0 saturated carbocycles. The van der Waals surface area contributed by atoms with Crippen LogP contribution < -0.4 is 10.9 Å². The number of aryl methyl sites for hydroxylation is 1. The van der Waals surface area contributed by atoms with E-state index < -0.39 is 10.2 Å². The molecule has 0 aliphatic rings. The summed E-state index contributed by atoms with van der Waals surface area (Å²) in [4.78, 5) is 4.35. The minimum absolute atomic E-state index is 0.404. The van der Waals surface area contributed by atoms with Gasteiger partial charge in [-0.1, -0.05) is 12.1 Å². The lowest BCUT2D eigenvalue weighted by molar-refractivity contribution is 0.588. The molecule has 0 aliphatic carbocycles. The van der Waals surface area contributed by atoms with Crippen molar-refractivity contribution in [1.29, 1.82) is 0 Å². The standard InChI is InChI=1S/C13H15N5O2S/c1-8-9(6-7-18(8)21(15,19)20)10-4-3-5-11-12(10)16-13(14)17(11)2/h3-7H,1-2H3,(H2,14,16)(H2,15,19,20). The largest absolute Gasteiger partial charge is 0.369 e. The average Bonchev–Trinajstić information content (AvgIpc) is 2.91. The topological polar surface area (TPSA) is 109 Å². The number of benzene rings is 1. The van der Waals surface area contributed by atoms with Gasteiger partial charge in [-0.2, -0.15) is 8.42 Å². The quantitative estimate of drug-likeness (QED) is 0.735. The first-order valence-corrected chi connectivity index (χ1v) is 7.73. The second-order valence-electron chi connectivity index (χ2n) is 4.86. The van der Waals surface area contributed by atoms with Crippen LogP contribution in [0, 0.1) is 6.92 Å². The second kappa shape index (κ2) is 4.34. The summed E-state index contributed by atoms with van der Waals surface area (Å²) in [6.45, 7) is 1.70. The normalized spacial score (nSPS) is 12.1. The Hall–Kier alpha value is -2.32. The van der Waals surface area contributed by atoms with Crippen molar-refractivity contribution in [2.45, 2.75) is 6.92 Å². The Morgan fingerprint density at radius 1 is 1.19 bits per heavy atom. The van der Waals surface area contributed by atoms with Crippen molar-refractivity contribution in [2.75, 3.05) is 5.73 Å². The van der Waals surface area contributed by atoms with Crippen LogP contribution in [0.15, 0.2) is 30.5 Å². The Balaban J connectivity index is 2.32. The van der Waals surface area contributed by atoms with E-state index >= 15 is 0 Å². The molecule has 1 aromatic carbocycles. The summed E-state index contributed by atoms with van der Waals surface area (Å²) in [5.41, 5.74) is 9.57. The van der Waals surface area contributed by atoms with Crippen LogP contribution in [0.25, 0.3) is 22.2 Å². The van der Waals surface area contributed by atoms with Crippen molar-refractivity contribution in [3.8, 4) is 11.1 Å². The number of rotatable bonds is 2. The van der Waals surface area contributed by atoms with Gasteiger partial charge in [0, 0.05) is 30.1 Å². The van der Waals surface area contributed by atoms with E-state index in [2.05, 4.69) is 4.98 Å². The van der Waals surface area contributed by atoms with Gasteiger partial charge in [0.1, 0.15) is 0 Å². The Bertz CT molecular complexity index is 953. The van der Waals surface area contributed by atoms with Gasteiger partial charge >= 0.3 is 10.2 Å². The van der Waals surface area contributed by atoms with E-state index in [9.17, 15) is 8.42 Å². The van der Waals surface area contributed by atoms with Gasteiger partial charge in [0.2, 0.25) is 5.95 Å². The number of hydrogen-bond acceptors (Lipinski definition) is 4. The lowest BCUT2D eigenvalue weighted by atomic mass is 10.1. The molecule has 8 heteroatoms. The SMILES string of the molecule is Cc1c(-c2cccc3c2nc(N)n3C)ccn1S(N)(=O)=O. The summed E-state index contributed by atoms with van der Waals surface area (Å²) >= 11 is 0. The minimum atomic E-state index is -3.81. The predicted octanol–water partition coefficient (Wildman–Crippen LogP) is 0.984. The number of nitrogens with zero attached hydrogens (tertiary/aromatic N) is 3. The Morgan fingerprint density at radius 3 is 2.52 bits per heavy atom. The second-order valence-corrected chi connectivity index (χ2v) is 6.28. The smallest absolute Gasteiger partial charge is 0.302 e. The van der Waals surface area contributed by atoms with Crippen molar-refractivity contribution < 1.29 is 8.42 Å². The fourth-order valence-electron chi connectivity index (χ4n) is 2.50. The van der Waals surface area contributed by atoms with E-state index in [4.69, 9.17) is 10.9 Å². The average molecular weight is 305 g/mol. The first-order chi connectivity index (χ1) is 9.80. The Labute approximate surface area is 122 Å². The molecule has 21 heavy (non-hydrogen) atoms. The van der Waals surface area contributed by atoms with E-state index in [0.717, 1.165) is 26.1 Å². The maximum Gasteiger partial charge on any atom is 0.302 e. The van der Waals surface area contributed by atoms with Crippen LogP contribution in [-0.4, -0.2) is 21.9 Å². The van der Waals surface area contributed by atoms with Crippen molar-refractivity contribution in [1.82, 2.24) is 13.5 Å². The molecule has 0 bridgehead atoms. The summed E-state index contributed by atoms with van der Waals surface area (Å²) in [6, 6.07) is 7.38. The van der Waals surface area contributed by atoms with Gasteiger partial charge in [-0.05, 0) is 19.1 Å². The molecule has 0 radical (unpaired) electrons. The summed E-state index contributed by atoms with van der Waals surface area (Å²) in [5, 5.41) is 5.19. The summed E-state index contributed by atoms with van der Waals surface area (Å²) in [6.07, 6.45) is 1.44. The predicted molar refractivity (Wildman–Crippen MR) is 81.8 cm³/mol. The molecule has 0 spiro atoms. The third kappa shape index (κ3) is 1.99. The van der Waals surface area contributed by atoms with E-state index in [0.29, 0.717) is 11.6 Å². The van der Waals surface area contributed by atoms with Crippen LogP contribution in [0.3, 0.4) is 0 Å². The molecule has 0 unspecified atom stereocenters. The molecule has 7 nitrogen and oxygen atoms in total. The lowest BCUT2D eigenvalue weighted by Crippen LogP contribution is -2.21. The van der Waals surface area contributed by atoms with Crippen LogP contribution >= 0.6 is 0 Å². The minimum Gasteiger partial charge on any atom is -0.369 e. The molecular formula is C13H15N5O2S. The molecule has 3 aromatic rings. The van der Waals surface area contributed by atoms with Gasteiger partial charge in [0.05, 0.1) is 11.0 Å². The number of anilines is 1. The van der Waals surface area contributed by atoms with Gasteiger partial charge in [0.25, 0.3) is 0 Å². The van der Waals surface area contributed by atoms with E-state index in [-0.39, 0.29) is 0 Å². The molecule has 0 atom stereocenters. The maximum absolute atomic E-state index is 11.5. The Kier molecular flexibility index (Phi) is 2.82. The number of fused-ring (bicyclic) bond motifs is 1. The zero-order chi connectivity index (χ0) is 15.4. The highest BCUT2D eigenvalue weighted by molar-refractivity contribution is 7.87. The molecule has 0 aliphatic heterocycles. The first kappa shape index (κ1) is 13.7. The Morgan fingerprint density at radius 2 is 1.90 bits per heavy atom. The van der Waals surface area contributed by atoms with Gasteiger partial charge in [-0.25, -0.2) is 14.1 Å². The van der Waals surface area contributed by atoms with Crippen molar-refractivity contribution in [3.63, 3.8) is 0 Å². The number of imidazole rings is 1. The number of hydrogen-bond donors (Lipinski definition) is 2. The third-order valence-electron chi connectivity index (χ3n) is 3.61. The molecule has 0 fully saturated rings. The lowest BCUT2D eigenvalue weighted by Gasteiger charge is -2.06. The summed E-state index contributed by atoms with van der Waals surface area (Å²) in [7, 11) is -1.98. The molecule has 0 saturated heterocycles. The monoisotopic (exact) mass is 305 g/mol. The highest BCUT2D eigenvalue weighted by Gasteiger charge is 2.17. The first-order valence-electron chi connectivity index (χ1n) is 6.23. The molecule has 0 amide bonds. The zero-order valence-electron chi connectivity index (χ0n) is 11.6. The van der Waals surface area contributed by atoms with Gasteiger partial charge in [-0.15, -0.1) is 0 Å². The zero-order valence-corrected chi connectivity index (χ0v) is 12.4. The number of nitrogens with two attached hydrogens (primary N) is 2. The van der Waals surface area contributed by atoms with E-state index in [1.807, 2.05) is 25.2 Å². The third-order valence-corrected chi connectivity index (χ3v) is 4.55. The molecule has 2 aromatic heterocycles. The van der Waals surface area contributed by atoms with Crippen LogP contribution in [0.5, 0.6) is 0 Å². The van der Waals surface area contributed by atoms with Gasteiger partial charge in [0.15, 0.2) is 0 Å².